The molecular weight excluding hydrogens is 210 g/mol. The van der Waals surface area contributed by atoms with Crippen molar-refractivity contribution in [1.82, 2.24) is 4.98 Å². The molecule has 5 heteroatoms. The number of hydrogen-bond donors (Lipinski definition) is 1. The van der Waals surface area contributed by atoms with Crippen molar-refractivity contribution in [2.24, 2.45) is 5.73 Å². The van der Waals surface area contributed by atoms with Crippen LogP contribution in [0.15, 0.2) is 18.3 Å². The lowest BCUT2D eigenvalue weighted by Gasteiger charge is -2.19. The SMILES string of the molecule is COc1cccnc1N(C)CCC(N)=S. The lowest BCUT2D eigenvalue weighted by molar-refractivity contribution is 0.413. The summed E-state index contributed by atoms with van der Waals surface area (Å²) in [5, 5.41) is 0. The summed E-state index contributed by atoms with van der Waals surface area (Å²) in [6.45, 7) is 0.739. The first-order chi connectivity index (χ1) is 7.15. The Balaban J connectivity index is 2.72. The highest BCUT2D eigenvalue weighted by Gasteiger charge is 2.08. The molecule has 4 nitrogen and oxygen atoms in total. The Morgan fingerprint density at radius 2 is 2.40 bits per heavy atom. The fourth-order valence-corrected chi connectivity index (χ4v) is 1.30. The highest BCUT2D eigenvalue weighted by Crippen LogP contribution is 2.23. The molecular formula is C10H15N3OS. The van der Waals surface area contributed by atoms with Crippen LogP contribution in [0.3, 0.4) is 0 Å². The van der Waals surface area contributed by atoms with Crippen LogP contribution in [0, 0.1) is 0 Å². The van der Waals surface area contributed by atoms with Gasteiger partial charge in [0.05, 0.1) is 12.1 Å². The Bertz CT molecular complexity index is 343. The molecule has 0 aliphatic heterocycles. The van der Waals surface area contributed by atoms with Gasteiger partial charge in [0, 0.05) is 26.2 Å². The third-order valence-corrected chi connectivity index (χ3v) is 2.23. The molecule has 0 aliphatic carbocycles. The van der Waals surface area contributed by atoms with E-state index in [0.717, 1.165) is 18.1 Å². The zero-order valence-corrected chi connectivity index (χ0v) is 9.75. The van der Waals surface area contributed by atoms with Crippen LogP contribution in [-0.2, 0) is 0 Å². The standard InChI is InChI=1S/C10H15N3OS/c1-13(7-5-9(11)15)10-8(14-2)4-3-6-12-10/h3-4,6H,5,7H2,1-2H3,(H2,11,15). The van der Waals surface area contributed by atoms with Crippen LogP contribution in [0.1, 0.15) is 6.42 Å². The summed E-state index contributed by atoms with van der Waals surface area (Å²) < 4.78 is 5.21. The Hall–Kier alpha value is -1.36. The molecule has 0 radical (unpaired) electrons. The first-order valence-electron chi connectivity index (χ1n) is 4.63. The average Bonchev–Trinajstić information content (AvgIpc) is 2.25. The molecule has 1 aromatic heterocycles. The first kappa shape index (κ1) is 11.7. The monoisotopic (exact) mass is 225 g/mol. The second-order valence-corrected chi connectivity index (χ2v) is 3.69. The van der Waals surface area contributed by atoms with E-state index in [-0.39, 0.29) is 0 Å². The molecule has 0 aromatic carbocycles. The Morgan fingerprint density at radius 3 is 3.00 bits per heavy atom. The number of rotatable bonds is 5. The quantitative estimate of drug-likeness (QED) is 0.763. The zero-order chi connectivity index (χ0) is 11.3. The highest BCUT2D eigenvalue weighted by molar-refractivity contribution is 7.80. The van der Waals surface area contributed by atoms with Gasteiger partial charge in [0.25, 0.3) is 0 Å². The van der Waals surface area contributed by atoms with Crippen molar-refractivity contribution in [3.05, 3.63) is 18.3 Å². The summed E-state index contributed by atoms with van der Waals surface area (Å²) in [6.07, 6.45) is 2.40. The smallest absolute Gasteiger partial charge is 0.171 e. The molecule has 2 N–H and O–H groups in total. The fraction of sp³-hybridized carbons (Fsp3) is 0.400. The van der Waals surface area contributed by atoms with Crippen molar-refractivity contribution in [2.45, 2.75) is 6.42 Å². The molecule has 0 spiro atoms. The topological polar surface area (TPSA) is 51.4 Å². The molecule has 0 saturated carbocycles. The van der Waals surface area contributed by atoms with Gasteiger partial charge < -0.3 is 15.4 Å². The predicted octanol–water partition coefficient (Wildman–Crippen LogP) is 1.20. The molecule has 1 rings (SSSR count). The van der Waals surface area contributed by atoms with Crippen molar-refractivity contribution in [3.63, 3.8) is 0 Å². The first-order valence-corrected chi connectivity index (χ1v) is 5.04. The maximum atomic E-state index is 5.44. The maximum absolute atomic E-state index is 5.44. The predicted molar refractivity (Wildman–Crippen MR) is 65.5 cm³/mol. The average molecular weight is 225 g/mol. The van der Waals surface area contributed by atoms with Crippen LogP contribution in [-0.4, -0.2) is 30.7 Å². The number of nitrogens with two attached hydrogens (primary N) is 1. The molecule has 0 amide bonds. The Morgan fingerprint density at radius 1 is 1.67 bits per heavy atom. The molecule has 82 valence electrons. The Kier molecular flexibility index (Phi) is 4.30. The van der Waals surface area contributed by atoms with Crippen LogP contribution < -0.4 is 15.4 Å². The van der Waals surface area contributed by atoms with Crippen molar-refractivity contribution in [1.29, 1.82) is 0 Å². The fourth-order valence-electron chi connectivity index (χ4n) is 1.21. The zero-order valence-electron chi connectivity index (χ0n) is 8.93. The van der Waals surface area contributed by atoms with Crippen molar-refractivity contribution in [3.8, 4) is 5.75 Å². The van der Waals surface area contributed by atoms with Crippen LogP contribution >= 0.6 is 12.2 Å². The molecule has 0 fully saturated rings. The maximum Gasteiger partial charge on any atom is 0.171 e. The van der Waals surface area contributed by atoms with E-state index in [1.807, 2.05) is 24.1 Å². The minimum absolute atomic E-state index is 0.511. The van der Waals surface area contributed by atoms with E-state index in [9.17, 15) is 0 Å². The summed E-state index contributed by atoms with van der Waals surface area (Å²) in [4.78, 5) is 6.73. The lowest BCUT2D eigenvalue weighted by Crippen LogP contribution is -2.24. The van der Waals surface area contributed by atoms with Crippen molar-refractivity contribution >= 4 is 23.0 Å². The van der Waals surface area contributed by atoms with Crippen LogP contribution in [0.25, 0.3) is 0 Å². The molecule has 0 unspecified atom stereocenters. The Labute approximate surface area is 95.0 Å². The molecule has 1 aromatic rings. The van der Waals surface area contributed by atoms with Crippen LogP contribution in [0.2, 0.25) is 0 Å². The van der Waals surface area contributed by atoms with Gasteiger partial charge in [0.1, 0.15) is 0 Å². The van der Waals surface area contributed by atoms with E-state index in [2.05, 4.69) is 4.98 Å². The second-order valence-electron chi connectivity index (χ2n) is 3.17. The second kappa shape index (κ2) is 5.50. The molecule has 0 bridgehead atoms. The largest absolute Gasteiger partial charge is 0.493 e. The van der Waals surface area contributed by atoms with Gasteiger partial charge in [-0.1, -0.05) is 12.2 Å². The number of anilines is 1. The number of pyridine rings is 1. The number of nitrogens with zero attached hydrogens (tertiary/aromatic N) is 2. The van der Waals surface area contributed by atoms with E-state index in [4.69, 9.17) is 22.7 Å². The molecule has 0 atom stereocenters. The number of aromatic nitrogens is 1. The third-order valence-electron chi connectivity index (χ3n) is 2.03. The highest BCUT2D eigenvalue weighted by atomic mass is 32.1. The third kappa shape index (κ3) is 3.36. The number of ether oxygens (including phenoxy) is 1. The van der Waals surface area contributed by atoms with Gasteiger partial charge in [0.15, 0.2) is 11.6 Å². The normalized spacial score (nSPS) is 9.73. The number of methoxy groups -OCH3 is 1. The van der Waals surface area contributed by atoms with Crippen LogP contribution in [0.4, 0.5) is 5.82 Å². The molecule has 1 heterocycles. The van der Waals surface area contributed by atoms with Gasteiger partial charge in [-0.05, 0) is 12.1 Å². The lowest BCUT2D eigenvalue weighted by atomic mass is 10.3. The molecule has 15 heavy (non-hydrogen) atoms. The van der Waals surface area contributed by atoms with E-state index >= 15 is 0 Å². The minimum atomic E-state index is 0.511. The summed E-state index contributed by atoms with van der Waals surface area (Å²) in [5.41, 5.74) is 5.44. The number of thiocarbonyl (C=S) groups is 1. The van der Waals surface area contributed by atoms with Gasteiger partial charge in [0.2, 0.25) is 0 Å². The van der Waals surface area contributed by atoms with E-state index in [0.29, 0.717) is 11.4 Å². The van der Waals surface area contributed by atoms with Gasteiger partial charge in [-0.25, -0.2) is 4.98 Å². The van der Waals surface area contributed by atoms with Gasteiger partial charge in [-0.2, -0.15) is 0 Å². The van der Waals surface area contributed by atoms with Crippen LogP contribution in [0.5, 0.6) is 5.75 Å². The molecule has 0 saturated heterocycles. The van der Waals surface area contributed by atoms with Crippen molar-refractivity contribution < 1.29 is 4.74 Å². The van der Waals surface area contributed by atoms with E-state index in [1.54, 1.807) is 13.3 Å². The summed E-state index contributed by atoms with van der Waals surface area (Å²) >= 11 is 4.82. The number of hydrogen-bond acceptors (Lipinski definition) is 4. The van der Waals surface area contributed by atoms with Crippen molar-refractivity contribution in [2.75, 3.05) is 25.6 Å². The van der Waals surface area contributed by atoms with E-state index in [1.165, 1.54) is 0 Å². The molecule has 0 aliphatic rings. The van der Waals surface area contributed by atoms with E-state index < -0.39 is 0 Å². The van der Waals surface area contributed by atoms with Gasteiger partial charge in [-0.15, -0.1) is 0 Å². The van der Waals surface area contributed by atoms with Gasteiger partial charge in [-0.3, -0.25) is 0 Å². The summed E-state index contributed by atoms with van der Waals surface area (Å²) in [7, 11) is 3.56. The summed E-state index contributed by atoms with van der Waals surface area (Å²) in [5.74, 6) is 1.55. The summed E-state index contributed by atoms with van der Waals surface area (Å²) in [6, 6.07) is 3.71. The minimum Gasteiger partial charge on any atom is -0.493 e. The van der Waals surface area contributed by atoms with Gasteiger partial charge >= 0.3 is 0 Å².